The molecule has 6 heteroatoms. The Balaban J connectivity index is 3.09. The number of aromatic carboxylic acids is 2. The van der Waals surface area contributed by atoms with Crippen molar-refractivity contribution in [3.8, 4) is 0 Å². The molecule has 82 valence electrons. The monoisotopic (exact) mass is 213 g/mol. The maximum Gasteiger partial charge on any atom is 0.374 e. The molecule has 1 aromatic rings. The van der Waals surface area contributed by atoms with Gasteiger partial charge in [-0.15, -0.1) is 0 Å². The highest BCUT2D eigenvalue weighted by Gasteiger charge is 2.24. The van der Waals surface area contributed by atoms with Crippen molar-refractivity contribution in [2.24, 2.45) is 5.92 Å². The molecule has 2 N–H and O–H groups in total. The predicted octanol–water partition coefficient (Wildman–Crippen LogP) is 1.27. The highest BCUT2D eigenvalue weighted by atomic mass is 16.4. The molecular formula is C9H11NO5. The van der Waals surface area contributed by atoms with Crippen molar-refractivity contribution >= 4 is 11.9 Å². The van der Waals surface area contributed by atoms with Crippen molar-refractivity contribution in [3.63, 3.8) is 0 Å². The van der Waals surface area contributed by atoms with Crippen molar-refractivity contribution in [1.29, 1.82) is 0 Å². The van der Waals surface area contributed by atoms with Crippen LogP contribution in [0.2, 0.25) is 0 Å². The first-order valence-corrected chi connectivity index (χ1v) is 4.38. The Morgan fingerprint density at radius 3 is 2.27 bits per heavy atom. The quantitative estimate of drug-likeness (QED) is 0.780. The van der Waals surface area contributed by atoms with Crippen molar-refractivity contribution in [3.05, 3.63) is 17.3 Å². The molecule has 0 aliphatic rings. The minimum atomic E-state index is -1.42. The number of nitrogens with zero attached hydrogens (tertiary/aromatic N) is 1. The van der Waals surface area contributed by atoms with Gasteiger partial charge in [-0.1, -0.05) is 13.8 Å². The second kappa shape index (κ2) is 4.12. The number of aromatic nitrogens is 1. The van der Waals surface area contributed by atoms with Gasteiger partial charge < -0.3 is 14.6 Å². The zero-order valence-electron chi connectivity index (χ0n) is 8.35. The smallest absolute Gasteiger partial charge is 0.374 e. The van der Waals surface area contributed by atoms with Crippen LogP contribution < -0.4 is 0 Å². The molecule has 1 heterocycles. The highest BCUT2D eigenvalue weighted by Crippen LogP contribution is 2.14. The lowest BCUT2D eigenvalue weighted by molar-refractivity contribution is 0.0623. The first-order valence-electron chi connectivity index (χ1n) is 4.38. The van der Waals surface area contributed by atoms with Gasteiger partial charge in [-0.2, -0.15) is 0 Å². The Hall–Kier alpha value is -1.85. The first-order chi connectivity index (χ1) is 6.91. The van der Waals surface area contributed by atoms with Crippen LogP contribution in [0.3, 0.4) is 0 Å². The third kappa shape index (κ3) is 2.55. The number of carboxylic acid groups (broad SMARTS) is 2. The first kappa shape index (κ1) is 11.2. The van der Waals surface area contributed by atoms with Crippen LogP contribution in [0.1, 0.15) is 40.8 Å². The van der Waals surface area contributed by atoms with Gasteiger partial charge in [-0.3, -0.25) is 0 Å². The lowest BCUT2D eigenvalue weighted by atomic mass is 10.1. The summed E-state index contributed by atoms with van der Waals surface area (Å²) in [7, 11) is 0. The second-order valence-corrected chi connectivity index (χ2v) is 3.49. The summed E-state index contributed by atoms with van der Waals surface area (Å²) in [6.07, 6.45) is 0.410. The van der Waals surface area contributed by atoms with Gasteiger partial charge in [0, 0.05) is 6.42 Å². The molecular weight excluding hydrogens is 202 g/mol. The molecule has 0 radical (unpaired) electrons. The largest absolute Gasteiger partial charge is 0.476 e. The van der Waals surface area contributed by atoms with E-state index in [0.717, 1.165) is 0 Å². The zero-order valence-corrected chi connectivity index (χ0v) is 8.35. The number of carbonyl (C=O) groups is 2. The Bertz CT molecular complexity index is 362. The number of carboxylic acids is 2. The highest BCUT2D eigenvalue weighted by molar-refractivity contribution is 5.98. The molecule has 0 amide bonds. The molecule has 0 saturated carbocycles. The molecule has 0 saturated heterocycles. The Morgan fingerprint density at radius 1 is 1.33 bits per heavy atom. The molecule has 0 aliphatic carbocycles. The maximum absolute atomic E-state index is 10.6. The molecule has 0 fully saturated rings. The van der Waals surface area contributed by atoms with E-state index in [0.29, 0.717) is 6.42 Å². The van der Waals surface area contributed by atoms with Gasteiger partial charge in [0.15, 0.2) is 5.89 Å². The molecule has 0 atom stereocenters. The van der Waals surface area contributed by atoms with Gasteiger partial charge in [0.25, 0.3) is 0 Å². The summed E-state index contributed by atoms with van der Waals surface area (Å²) in [6.45, 7) is 3.79. The third-order valence-electron chi connectivity index (χ3n) is 1.65. The van der Waals surface area contributed by atoms with E-state index in [9.17, 15) is 9.59 Å². The van der Waals surface area contributed by atoms with Crippen molar-refractivity contribution in [2.75, 3.05) is 0 Å². The van der Waals surface area contributed by atoms with Crippen LogP contribution in [0, 0.1) is 5.92 Å². The summed E-state index contributed by atoms with van der Waals surface area (Å²) in [4.78, 5) is 24.9. The number of hydrogen-bond donors (Lipinski definition) is 2. The van der Waals surface area contributed by atoms with Crippen molar-refractivity contribution < 1.29 is 24.2 Å². The summed E-state index contributed by atoms with van der Waals surface area (Å²) >= 11 is 0. The van der Waals surface area contributed by atoms with Crippen LogP contribution in [0.15, 0.2) is 4.42 Å². The molecule has 15 heavy (non-hydrogen) atoms. The third-order valence-corrected chi connectivity index (χ3v) is 1.65. The zero-order chi connectivity index (χ0) is 11.6. The second-order valence-electron chi connectivity index (χ2n) is 3.49. The van der Waals surface area contributed by atoms with Crippen LogP contribution in [-0.2, 0) is 6.42 Å². The summed E-state index contributed by atoms with van der Waals surface area (Å²) in [5.74, 6) is -3.08. The molecule has 0 unspecified atom stereocenters. The van der Waals surface area contributed by atoms with E-state index in [1.165, 1.54) is 0 Å². The Morgan fingerprint density at radius 2 is 1.93 bits per heavy atom. The van der Waals surface area contributed by atoms with Gasteiger partial charge >= 0.3 is 11.9 Å². The molecule has 0 aliphatic heterocycles. The van der Waals surface area contributed by atoms with Gasteiger partial charge in [-0.05, 0) is 5.92 Å². The average Bonchev–Trinajstić information content (AvgIpc) is 2.46. The standard InChI is InChI=1S/C9H11NO5/c1-4(2)3-5-10-6(8(11)12)7(15-5)9(13)14/h4H,3H2,1-2H3,(H,11,12)(H,13,14). The average molecular weight is 213 g/mol. The van der Waals surface area contributed by atoms with Gasteiger partial charge in [-0.25, -0.2) is 14.6 Å². The van der Waals surface area contributed by atoms with Crippen molar-refractivity contribution in [1.82, 2.24) is 4.98 Å². The number of oxazole rings is 1. The minimum Gasteiger partial charge on any atom is -0.476 e. The van der Waals surface area contributed by atoms with Crippen LogP contribution in [0.5, 0.6) is 0 Å². The van der Waals surface area contributed by atoms with Gasteiger partial charge in [0.1, 0.15) is 0 Å². The summed E-state index contributed by atoms with van der Waals surface area (Å²) in [6, 6.07) is 0. The van der Waals surface area contributed by atoms with E-state index in [1.54, 1.807) is 0 Å². The fourth-order valence-electron chi connectivity index (χ4n) is 1.09. The fourth-order valence-corrected chi connectivity index (χ4v) is 1.09. The molecule has 6 nitrogen and oxygen atoms in total. The SMILES string of the molecule is CC(C)Cc1nc(C(=O)O)c(C(=O)O)o1. The van der Waals surface area contributed by atoms with Crippen LogP contribution >= 0.6 is 0 Å². The number of hydrogen-bond acceptors (Lipinski definition) is 4. The van der Waals surface area contributed by atoms with Crippen LogP contribution in [-0.4, -0.2) is 27.1 Å². The van der Waals surface area contributed by atoms with Crippen LogP contribution in [0.4, 0.5) is 0 Å². The Kier molecular flexibility index (Phi) is 3.08. The van der Waals surface area contributed by atoms with E-state index in [1.807, 2.05) is 13.8 Å². The molecule has 1 rings (SSSR count). The summed E-state index contributed by atoms with van der Waals surface area (Å²) in [5.41, 5.74) is -0.543. The van der Waals surface area contributed by atoms with E-state index in [-0.39, 0.29) is 11.8 Å². The van der Waals surface area contributed by atoms with Crippen LogP contribution in [0.25, 0.3) is 0 Å². The van der Waals surface area contributed by atoms with Crippen molar-refractivity contribution in [2.45, 2.75) is 20.3 Å². The Labute approximate surface area is 85.5 Å². The lowest BCUT2D eigenvalue weighted by Gasteiger charge is -1.97. The van der Waals surface area contributed by atoms with E-state index >= 15 is 0 Å². The summed E-state index contributed by atoms with van der Waals surface area (Å²) < 4.78 is 4.86. The molecule has 1 aromatic heterocycles. The number of rotatable bonds is 4. The molecule has 0 spiro atoms. The van der Waals surface area contributed by atoms with E-state index in [4.69, 9.17) is 14.6 Å². The van der Waals surface area contributed by atoms with Gasteiger partial charge in [0.2, 0.25) is 11.5 Å². The molecule has 0 aromatic carbocycles. The molecule has 0 bridgehead atoms. The fraction of sp³-hybridized carbons (Fsp3) is 0.444. The van der Waals surface area contributed by atoms with Gasteiger partial charge in [0.05, 0.1) is 0 Å². The van der Waals surface area contributed by atoms with E-state index < -0.39 is 23.4 Å². The summed E-state index contributed by atoms with van der Waals surface area (Å²) in [5, 5.41) is 17.3. The predicted molar refractivity (Wildman–Crippen MR) is 49.0 cm³/mol. The topological polar surface area (TPSA) is 101 Å². The van der Waals surface area contributed by atoms with E-state index in [2.05, 4.69) is 4.98 Å². The maximum atomic E-state index is 10.6. The lowest BCUT2D eigenvalue weighted by Crippen LogP contribution is -2.05. The minimum absolute atomic E-state index is 0.139. The normalized spacial score (nSPS) is 10.6.